The van der Waals surface area contributed by atoms with Crippen molar-refractivity contribution in [3.8, 4) is 0 Å². The van der Waals surface area contributed by atoms with E-state index in [9.17, 15) is 9.59 Å². The van der Waals surface area contributed by atoms with Crippen LogP contribution in [0, 0.1) is 11.3 Å². The van der Waals surface area contributed by atoms with Crippen molar-refractivity contribution >= 4 is 35.0 Å². The first-order valence-corrected chi connectivity index (χ1v) is 7.51. The molecule has 0 radical (unpaired) electrons. The third kappa shape index (κ3) is 3.50. The van der Waals surface area contributed by atoms with Crippen molar-refractivity contribution in [3.63, 3.8) is 0 Å². The second kappa shape index (κ2) is 5.85. The molecule has 2 amide bonds. The zero-order valence-corrected chi connectivity index (χ0v) is 13.5. The topological polar surface area (TPSA) is 72.2 Å². The Morgan fingerprint density at radius 2 is 2.05 bits per heavy atom. The van der Waals surface area contributed by atoms with E-state index in [-0.39, 0.29) is 24.3 Å². The molecule has 1 aliphatic carbocycles. The molecule has 1 fully saturated rings. The third-order valence-electron chi connectivity index (χ3n) is 3.88. The molecule has 114 valence electrons. The quantitative estimate of drug-likeness (QED) is 0.872. The number of carbonyl (C=O) groups is 2. The van der Waals surface area contributed by atoms with Crippen LogP contribution >= 0.6 is 23.2 Å². The van der Waals surface area contributed by atoms with E-state index >= 15 is 0 Å². The molecule has 1 saturated carbocycles. The van der Waals surface area contributed by atoms with Gasteiger partial charge in [-0.25, -0.2) is 0 Å². The molecule has 0 aliphatic heterocycles. The van der Waals surface area contributed by atoms with Crippen molar-refractivity contribution in [2.45, 2.75) is 26.2 Å². The summed E-state index contributed by atoms with van der Waals surface area (Å²) >= 11 is 12.1. The van der Waals surface area contributed by atoms with E-state index in [4.69, 9.17) is 28.9 Å². The number of rotatable bonds is 5. The van der Waals surface area contributed by atoms with Crippen molar-refractivity contribution in [1.82, 2.24) is 5.32 Å². The minimum atomic E-state index is -0.756. The lowest BCUT2D eigenvalue weighted by molar-refractivity contribution is -0.127. The van der Waals surface area contributed by atoms with Crippen LogP contribution in [0.5, 0.6) is 0 Å². The molecule has 6 heteroatoms. The molecular weight excluding hydrogens is 311 g/mol. The van der Waals surface area contributed by atoms with Crippen LogP contribution in [0.25, 0.3) is 0 Å². The van der Waals surface area contributed by atoms with Crippen LogP contribution in [0.15, 0.2) is 18.2 Å². The van der Waals surface area contributed by atoms with Crippen LogP contribution in [0.4, 0.5) is 0 Å². The number of nitrogens with one attached hydrogen (secondary N) is 1. The second-order valence-corrected chi connectivity index (χ2v) is 6.84. The maximum Gasteiger partial charge on any atom is 0.224 e. The first-order valence-electron chi connectivity index (χ1n) is 6.75. The maximum absolute atomic E-state index is 12.1. The lowest BCUT2D eigenvalue weighted by atomic mass is 9.92. The minimum Gasteiger partial charge on any atom is -0.369 e. The van der Waals surface area contributed by atoms with Gasteiger partial charge in [0.2, 0.25) is 11.8 Å². The number of nitrogens with two attached hydrogens (primary N) is 1. The summed E-state index contributed by atoms with van der Waals surface area (Å²) in [5, 5.41) is 3.79. The van der Waals surface area contributed by atoms with Gasteiger partial charge < -0.3 is 11.1 Å². The largest absolute Gasteiger partial charge is 0.369 e. The summed E-state index contributed by atoms with van der Waals surface area (Å²) < 4.78 is 0. The van der Waals surface area contributed by atoms with Gasteiger partial charge in [-0.2, -0.15) is 0 Å². The molecule has 1 aromatic rings. The zero-order chi connectivity index (χ0) is 15.8. The SMILES string of the molecule is CC(C)(CNC(=O)[C@H]1C[C@@H]1c1cccc(Cl)c1Cl)C(N)=O. The molecular formula is C15H18Cl2N2O2. The summed E-state index contributed by atoms with van der Waals surface area (Å²) in [6.45, 7) is 3.63. The van der Waals surface area contributed by atoms with E-state index < -0.39 is 11.3 Å². The van der Waals surface area contributed by atoms with Crippen molar-refractivity contribution in [3.05, 3.63) is 33.8 Å². The average Bonchev–Trinajstić information content (AvgIpc) is 3.19. The summed E-state index contributed by atoms with van der Waals surface area (Å²) in [6.07, 6.45) is 0.739. The highest BCUT2D eigenvalue weighted by Gasteiger charge is 2.45. The van der Waals surface area contributed by atoms with Crippen molar-refractivity contribution in [1.29, 1.82) is 0 Å². The number of amides is 2. The molecule has 1 aliphatic rings. The van der Waals surface area contributed by atoms with E-state index in [0.29, 0.717) is 10.0 Å². The standard InChI is InChI=1S/C15H18Cl2N2O2/c1-15(2,14(18)21)7-19-13(20)10-6-9(10)8-4-3-5-11(16)12(8)17/h3-5,9-10H,6-7H2,1-2H3,(H2,18,21)(H,19,20)/t9-,10+/m1/s1. The lowest BCUT2D eigenvalue weighted by Crippen LogP contribution is -2.42. The predicted octanol–water partition coefficient (Wildman–Crippen LogP) is 2.72. The highest BCUT2D eigenvalue weighted by atomic mass is 35.5. The van der Waals surface area contributed by atoms with Crippen LogP contribution < -0.4 is 11.1 Å². The Kier molecular flexibility index (Phi) is 4.49. The Labute approximate surface area is 134 Å². The molecule has 0 spiro atoms. The van der Waals surface area contributed by atoms with Gasteiger partial charge in [-0.15, -0.1) is 0 Å². The van der Waals surface area contributed by atoms with Crippen LogP contribution in [0.1, 0.15) is 31.7 Å². The Morgan fingerprint density at radius 1 is 1.38 bits per heavy atom. The highest BCUT2D eigenvalue weighted by Crippen LogP contribution is 2.50. The van der Waals surface area contributed by atoms with E-state index in [1.54, 1.807) is 19.9 Å². The summed E-state index contributed by atoms with van der Waals surface area (Å²) in [6, 6.07) is 5.44. The first kappa shape index (κ1) is 16.1. The number of carbonyl (C=O) groups excluding carboxylic acids is 2. The van der Waals surface area contributed by atoms with Gasteiger partial charge in [0.25, 0.3) is 0 Å². The fourth-order valence-electron chi connectivity index (χ4n) is 2.16. The van der Waals surface area contributed by atoms with Crippen LogP contribution in [0.3, 0.4) is 0 Å². The predicted molar refractivity (Wildman–Crippen MR) is 83.3 cm³/mol. The summed E-state index contributed by atoms with van der Waals surface area (Å²) in [5.41, 5.74) is 5.43. The number of benzene rings is 1. The molecule has 1 aromatic carbocycles. The third-order valence-corrected chi connectivity index (χ3v) is 4.71. The van der Waals surface area contributed by atoms with Crippen LogP contribution in [-0.2, 0) is 9.59 Å². The maximum atomic E-state index is 12.1. The molecule has 2 atom stereocenters. The average molecular weight is 329 g/mol. The normalized spacial score (nSPS) is 21.0. The fourth-order valence-corrected chi connectivity index (χ4v) is 2.61. The first-order chi connectivity index (χ1) is 9.74. The molecule has 0 saturated heterocycles. The molecule has 0 aromatic heterocycles. The van der Waals surface area contributed by atoms with Gasteiger partial charge in [0.15, 0.2) is 0 Å². The zero-order valence-electron chi connectivity index (χ0n) is 12.0. The summed E-state index contributed by atoms with van der Waals surface area (Å²) in [4.78, 5) is 23.3. The van der Waals surface area contributed by atoms with Gasteiger partial charge in [-0.1, -0.05) is 35.3 Å². The number of hydrogen-bond acceptors (Lipinski definition) is 2. The monoisotopic (exact) mass is 328 g/mol. The van der Waals surface area contributed by atoms with Gasteiger partial charge >= 0.3 is 0 Å². The molecule has 2 rings (SSSR count). The van der Waals surface area contributed by atoms with Crippen LogP contribution in [0.2, 0.25) is 10.0 Å². The Balaban J connectivity index is 1.96. The van der Waals surface area contributed by atoms with E-state index in [2.05, 4.69) is 5.32 Å². The molecule has 0 heterocycles. The number of halogens is 2. The smallest absolute Gasteiger partial charge is 0.224 e. The summed E-state index contributed by atoms with van der Waals surface area (Å²) in [7, 11) is 0. The fraction of sp³-hybridized carbons (Fsp3) is 0.467. The van der Waals surface area contributed by atoms with E-state index in [0.717, 1.165) is 12.0 Å². The van der Waals surface area contributed by atoms with Crippen molar-refractivity contribution in [2.75, 3.05) is 6.54 Å². The minimum absolute atomic E-state index is 0.0784. The molecule has 3 N–H and O–H groups in total. The van der Waals surface area contributed by atoms with E-state index in [1.807, 2.05) is 12.1 Å². The van der Waals surface area contributed by atoms with Crippen LogP contribution in [-0.4, -0.2) is 18.4 Å². The van der Waals surface area contributed by atoms with Gasteiger partial charge in [0.1, 0.15) is 0 Å². The van der Waals surface area contributed by atoms with Gasteiger partial charge in [0.05, 0.1) is 15.5 Å². The Hall–Kier alpha value is -1.26. The van der Waals surface area contributed by atoms with Crippen molar-refractivity contribution < 1.29 is 9.59 Å². The van der Waals surface area contributed by atoms with Gasteiger partial charge in [-0.3, -0.25) is 9.59 Å². The summed E-state index contributed by atoms with van der Waals surface area (Å²) in [5.74, 6) is -0.545. The highest BCUT2D eigenvalue weighted by molar-refractivity contribution is 6.42. The van der Waals surface area contributed by atoms with Crippen molar-refractivity contribution in [2.24, 2.45) is 17.1 Å². The van der Waals surface area contributed by atoms with Gasteiger partial charge in [-0.05, 0) is 37.8 Å². The second-order valence-electron chi connectivity index (χ2n) is 6.06. The molecule has 0 bridgehead atoms. The Morgan fingerprint density at radius 3 is 2.67 bits per heavy atom. The number of primary amides is 1. The molecule has 4 nitrogen and oxygen atoms in total. The van der Waals surface area contributed by atoms with E-state index in [1.165, 1.54) is 0 Å². The Bertz CT molecular complexity index is 587. The number of hydrogen-bond donors (Lipinski definition) is 2. The lowest BCUT2D eigenvalue weighted by Gasteiger charge is -2.20. The molecule has 0 unspecified atom stereocenters. The van der Waals surface area contributed by atoms with Gasteiger partial charge in [0, 0.05) is 12.5 Å². The molecule has 21 heavy (non-hydrogen) atoms.